The summed E-state index contributed by atoms with van der Waals surface area (Å²) in [6.07, 6.45) is 2.39. The van der Waals surface area contributed by atoms with E-state index in [0.29, 0.717) is 12.0 Å². The van der Waals surface area contributed by atoms with Gasteiger partial charge in [0.05, 0.1) is 22.1 Å². The Kier molecular flexibility index (Phi) is 12.3. The number of carbonyl (C=O) groups excluding carboxylic acids is 2. The van der Waals surface area contributed by atoms with E-state index >= 15 is 0 Å². The van der Waals surface area contributed by atoms with Gasteiger partial charge in [0.15, 0.2) is 0 Å². The summed E-state index contributed by atoms with van der Waals surface area (Å²) in [6.45, 7) is 16.4. The van der Waals surface area contributed by atoms with Gasteiger partial charge in [-0.25, -0.2) is 4.98 Å². The number of nitrogens with one attached hydrogen (secondary N) is 2. The monoisotopic (exact) mass is 474 g/mol. The van der Waals surface area contributed by atoms with Crippen LogP contribution < -0.4 is 10.6 Å². The van der Waals surface area contributed by atoms with Gasteiger partial charge in [-0.15, -0.1) is 11.3 Å². The Morgan fingerprint density at radius 2 is 1.91 bits per heavy atom. The fraction of sp³-hybridized carbons (Fsp3) is 0.577. The quantitative estimate of drug-likeness (QED) is 0.565. The summed E-state index contributed by atoms with van der Waals surface area (Å²) in [4.78, 5) is 30.4. The highest BCUT2D eigenvalue weighted by atomic mass is 32.1. The van der Waals surface area contributed by atoms with Crippen LogP contribution in [0.2, 0.25) is 0 Å². The van der Waals surface area contributed by atoms with E-state index in [1.54, 1.807) is 16.2 Å². The maximum Gasteiger partial charge on any atom is 0.243 e. The van der Waals surface area contributed by atoms with Crippen molar-refractivity contribution in [1.29, 1.82) is 0 Å². The van der Waals surface area contributed by atoms with Crippen molar-refractivity contribution in [2.45, 2.75) is 73.4 Å². The molecule has 0 spiro atoms. The molecule has 0 aliphatic carbocycles. The molecule has 33 heavy (non-hydrogen) atoms. The van der Waals surface area contributed by atoms with E-state index in [2.05, 4.69) is 48.5 Å². The minimum absolute atomic E-state index is 0.0746. The molecule has 2 heterocycles. The van der Waals surface area contributed by atoms with Gasteiger partial charge >= 0.3 is 0 Å². The van der Waals surface area contributed by atoms with E-state index in [9.17, 15) is 9.59 Å². The molecule has 1 aliphatic heterocycles. The van der Waals surface area contributed by atoms with Gasteiger partial charge < -0.3 is 15.5 Å². The highest BCUT2D eigenvalue weighted by Crippen LogP contribution is 2.28. The number of aryl methyl sites for hydroxylation is 1. The molecule has 1 saturated heterocycles. The van der Waals surface area contributed by atoms with Crippen LogP contribution in [0.3, 0.4) is 0 Å². The van der Waals surface area contributed by atoms with E-state index in [4.69, 9.17) is 0 Å². The summed E-state index contributed by atoms with van der Waals surface area (Å²) in [6, 6.07) is 7.77. The molecule has 1 aromatic heterocycles. The molecule has 1 fully saturated rings. The number of carbonyl (C=O) groups is 2. The Bertz CT molecular complexity index is 843. The molecular weight excluding hydrogens is 432 g/mol. The van der Waals surface area contributed by atoms with E-state index in [0.717, 1.165) is 42.6 Å². The Balaban J connectivity index is 0.000000520. The molecule has 184 valence electrons. The van der Waals surface area contributed by atoms with Gasteiger partial charge in [0, 0.05) is 6.54 Å². The molecule has 1 aromatic carbocycles. The van der Waals surface area contributed by atoms with Crippen LogP contribution in [0.4, 0.5) is 0 Å². The third kappa shape index (κ3) is 9.26. The molecule has 1 aliphatic rings. The van der Waals surface area contributed by atoms with Crippen LogP contribution >= 0.6 is 11.3 Å². The molecule has 0 radical (unpaired) electrons. The van der Waals surface area contributed by atoms with E-state index in [1.165, 1.54) is 4.88 Å². The van der Waals surface area contributed by atoms with Gasteiger partial charge in [-0.05, 0) is 56.8 Å². The number of amides is 2. The van der Waals surface area contributed by atoms with Gasteiger partial charge in [0.25, 0.3) is 0 Å². The van der Waals surface area contributed by atoms with Gasteiger partial charge in [-0.1, -0.05) is 58.9 Å². The zero-order chi connectivity index (χ0) is 25.0. The van der Waals surface area contributed by atoms with Gasteiger partial charge in [-0.2, -0.15) is 0 Å². The average Bonchev–Trinajstić information content (AvgIpc) is 3.43. The molecule has 2 atom stereocenters. The average molecular weight is 475 g/mol. The largest absolute Gasteiger partial charge is 0.348 e. The third-order valence-corrected chi connectivity index (χ3v) is 6.19. The van der Waals surface area contributed by atoms with Crippen LogP contribution in [0.5, 0.6) is 0 Å². The lowest BCUT2D eigenvalue weighted by Crippen LogP contribution is -2.43. The summed E-state index contributed by atoms with van der Waals surface area (Å²) in [7, 11) is 1.98. The Morgan fingerprint density at radius 1 is 1.27 bits per heavy atom. The minimum atomic E-state index is -0.330. The summed E-state index contributed by atoms with van der Waals surface area (Å²) in [5.74, 6) is -0.0746. The topological polar surface area (TPSA) is 74.3 Å². The molecule has 2 unspecified atom stereocenters. The minimum Gasteiger partial charge on any atom is -0.348 e. The molecule has 6 nitrogen and oxygen atoms in total. The fourth-order valence-corrected chi connectivity index (χ4v) is 4.43. The Morgan fingerprint density at radius 3 is 2.36 bits per heavy atom. The summed E-state index contributed by atoms with van der Waals surface area (Å²) in [5, 5.41) is 6.13. The highest BCUT2D eigenvalue weighted by Gasteiger charge is 2.30. The van der Waals surface area contributed by atoms with Crippen LogP contribution in [0.25, 0.3) is 10.4 Å². The first-order valence-corrected chi connectivity index (χ1v) is 12.7. The highest BCUT2D eigenvalue weighted by molar-refractivity contribution is 7.13. The molecule has 3 rings (SSSR count). The number of nitrogens with zero attached hydrogens (tertiary/aromatic N) is 2. The zero-order valence-electron chi connectivity index (χ0n) is 21.6. The van der Waals surface area contributed by atoms with Crippen molar-refractivity contribution >= 4 is 23.7 Å². The second kappa shape index (κ2) is 14.1. The Labute approximate surface area is 204 Å². The van der Waals surface area contributed by atoms with E-state index in [-0.39, 0.29) is 18.0 Å². The summed E-state index contributed by atoms with van der Waals surface area (Å²) >= 11 is 1.63. The van der Waals surface area contributed by atoms with E-state index in [1.807, 2.05) is 52.4 Å². The van der Waals surface area contributed by atoms with Crippen LogP contribution in [0.1, 0.15) is 71.7 Å². The number of thiazole rings is 1. The Hall–Kier alpha value is -2.25. The van der Waals surface area contributed by atoms with Crippen molar-refractivity contribution in [2.75, 3.05) is 20.1 Å². The van der Waals surface area contributed by atoms with Crippen molar-refractivity contribution in [3.05, 3.63) is 41.0 Å². The van der Waals surface area contributed by atoms with Crippen LogP contribution in [0, 0.1) is 12.3 Å². The van der Waals surface area contributed by atoms with Crippen molar-refractivity contribution in [1.82, 2.24) is 20.5 Å². The molecule has 0 bridgehead atoms. The first kappa shape index (κ1) is 28.8. The van der Waals surface area contributed by atoms with Gasteiger partial charge in [-0.3, -0.25) is 9.59 Å². The lowest BCUT2D eigenvalue weighted by Gasteiger charge is -2.22. The number of hydrogen-bond acceptors (Lipinski definition) is 5. The number of rotatable bonds is 6. The molecule has 7 heteroatoms. The molecule has 0 saturated carbocycles. The first-order chi connectivity index (χ1) is 15.7. The van der Waals surface area contributed by atoms with Crippen molar-refractivity contribution in [3.8, 4) is 10.4 Å². The summed E-state index contributed by atoms with van der Waals surface area (Å²) < 4.78 is 0. The van der Waals surface area contributed by atoms with Crippen LogP contribution in [-0.4, -0.2) is 48.4 Å². The number of benzene rings is 1. The predicted molar refractivity (Wildman–Crippen MR) is 139 cm³/mol. The molecule has 2 aromatic rings. The molecular formula is C26H42N4O2S. The lowest BCUT2D eigenvalue weighted by atomic mass is 9.97. The zero-order valence-corrected chi connectivity index (χ0v) is 22.4. The molecule has 2 N–H and O–H groups in total. The maximum atomic E-state index is 12.4. The standard InChI is InChI=1S/C18H21N3O2S.C6H15N.C2H6/c1-12(20-18(23)16-4-3-9-21(16)11-22)14-5-7-15(8-6-14)17-13(2)19-10-24-17;1-6(2,3)5-7-4;1-2/h5-8,10-12,16H,3-4,9H2,1-2H3,(H,20,23);7H,5H2,1-4H3;1-2H3. The first-order valence-electron chi connectivity index (χ1n) is 11.8. The van der Waals surface area contributed by atoms with Crippen LogP contribution in [0.15, 0.2) is 29.8 Å². The second-order valence-corrected chi connectivity index (χ2v) is 10.1. The molecule has 2 amide bonds. The fourth-order valence-electron chi connectivity index (χ4n) is 3.62. The van der Waals surface area contributed by atoms with Crippen molar-refractivity contribution < 1.29 is 9.59 Å². The second-order valence-electron chi connectivity index (χ2n) is 9.21. The number of likely N-dealkylation sites (tertiary alicyclic amines) is 1. The van der Waals surface area contributed by atoms with Crippen LogP contribution in [-0.2, 0) is 9.59 Å². The van der Waals surface area contributed by atoms with Gasteiger partial charge in [0.2, 0.25) is 12.3 Å². The lowest BCUT2D eigenvalue weighted by molar-refractivity contribution is -0.131. The summed E-state index contributed by atoms with van der Waals surface area (Å²) in [5.41, 5.74) is 5.51. The van der Waals surface area contributed by atoms with Crippen molar-refractivity contribution in [3.63, 3.8) is 0 Å². The SMILES string of the molecule is CC.CNCC(C)(C)C.Cc1ncsc1-c1ccc(C(C)NC(=O)C2CCCN2C=O)cc1. The normalized spacial score (nSPS) is 16.1. The third-order valence-electron chi connectivity index (χ3n) is 5.22. The van der Waals surface area contributed by atoms with Crippen molar-refractivity contribution in [2.24, 2.45) is 5.41 Å². The van der Waals surface area contributed by atoms with Gasteiger partial charge in [0.1, 0.15) is 6.04 Å². The smallest absolute Gasteiger partial charge is 0.243 e. The van der Waals surface area contributed by atoms with E-state index < -0.39 is 0 Å². The maximum absolute atomic E-state index is 12.4. The number of hydrogen-bond donors (Lipinski definition) is 2. The predicted octanol–water partition coefficient (Wildman–Crippen LogP) is 5.19. The number of aromatic nitrogens is 1.